The first kappa shape index (κ1) is 10.1. The summed E-state index contributed by atoms with van der Waals surface area (Å²) >= 11 is 0. The van der Waals surface area contributed by atoms with Crippen molar-refractivity contribution in [3.8, 4) is 23.0 Å². The quantitative estimate of drug-likeness (QED) is 0.517. The lowest BCUT2D eigenvalue weighted by Crippen LogP contribution is -1.97. The maximum atomic E-state index is 11.6. The van der Waals surface area contributed by atoms with Crippen LogP contribution in [0.5, 0.6) is 23.0 Å². The summed E-state index contributed by atoms with van der Waals surface area (Å²) in [5, 5.41) is 37.4. The van der Waals surface area contributed by atoms with Crippen LogP contribution in [-0.4, -0.2) is 20.4 Å². The van der Waals surface area contributed by atoms with Crippen molar-refractivity contribution in [2.24, 2.45) is 0 Å². The Hall–Kier alpha value is -2.43. The van der Waals surface area contributed by atoms with Gasteiger partial charge in [-0.2, -0.15) is 0 Å². The molecule has 0 heterocycles. The molecule has 5 nitrogen and oxygen atoms in total. The van der Waals surface area contributed by atoms with Crippen molar-refractivity contribution < 1.29 is 26.1 Å². The highest BCUT2D eigenvalue weighted by atomic mass is 16.3. The summed E-state index contributed by atoms with van der Waals surface area (Å²) in [4.78, 5) is 11.6. The number of benzene rings is 1. The number of phenols is 3. The minimum absolute atomic E-state index is 0. The van der Waals surface area contributed by atoms with E-state index >= 15 is 0 Å². The monoisotopic (exact) mass is 228 g/mol. The Morgan fingerprint density at radius 3 is 2.31 bits per heavy atom. The molecule has 0 spiro atoms. The van der Waals surface area contributed by atoms with E-state index in [1.165, 1.54) is 12.1 Å². The molecule has 90 valence electrons. The van der Waals surface area contributed by atoms with Crippen molar-refractivity contribution in [1.29, 1.82) is 0 Å². The average Bonchev–Trinajstić information content (AvgIpc) is 2.37. The molecule has 0 fully saturated rings. The lowest BCUT2D eigenvalue weighted by atomic mass is 10.1. The predicted molar refractivity (Wildman–Crippen MR) is 65.3 cm³/mol. The van der Waals surface area contributed by atoms with Crippen LogP contribution < -0.4 is 5.43 Å². The number of aromatic hydroxyl groups is 4. The van der Waals surface area contributed by atoms with Gasteiger partial charge in [0.1, 0.15) is 0 Å². The van der Waals surface area contributed by atoms with Gasteiger partial charge in [0, 0.05) is 5.71 Å². The minimum Gasteiger partial charge on any atom is -0.504 e. The molecule has 0 aliphatic heterocycles. The Morgan fingerprint density at radius 1 is 0.938 bits per heavy atom. The fourth-order valence-electron chi connectivity index (χ4n) is 1.48. The van der Waals surface area contributed by atoms with Crippen molar-refractivity contribution in [3.05, 3.63) is 34.5 Å². The predicted octanol–water partition coefficient (Wildman–Crippen LogP) is 2.01. The van der Waals surface area contributed by atoms with Crippen molar-refractivity contribution in [2.45, 2.75) is 0 Å². The molecule has 2 rings (SSSR count). The molecular formula is C11H16O5. The zero-order valence-electron chi connectivity index (χ0n) is 8.01. The van der Waals surface area contributed by atoms with Crippen LogP contribution in [0.2, 0.25) is 0 Å². The van der Waals surface area contributed by atoms with Gasteiger partial charge in [0.15, 0.2) is 17.2 Å². The van der Waals surface area contributed by atoms with Gasteiger partial charge in [0.05, 0.1) is 5.39 Å². The molecule has 4 N–H and O–H groups in total. The van der Waals surface area contributed by atoms with Crippen LogP contribution in [0.15, 0.2) is 29.1 Å². The topological polar surface area (TPSA) is 98.0 Å². The van der Waals surface area contributed by atoms with E-state index in [4.69, 9.17) is 0 Å². The van der Waals surface area contributed by atoms with E-state index in [9.17, 15) is 25.2 Å². The lowest BCUT2D eigenvalue weighted by Gasteiger charge is -2.02. The number of hydrogen-bond donors (Lipinski definition) is 4. The van der Waals surface area contributed by atoms with Crippen molar-refractivity contribution >= 4 is 10.8 Å². The van der Waals surface area contributed by atoms with Gasteiger partial charge in [-0.1, -0.05) is 12.1 Å². The van der Waals surface area contributed by atoms with Gasteiger partial charge in [0.25, 0.3) is 0 Å². The number of hydrogen-bond acceptors (Lipinski definition) is 5. The zero-order chi connectivity index (χ0) is 11.9. The third-order valence-corrected chi connectivity index (χ3v) is 2.27. The van der Waals surface area contributed by atoms with Gasteiger partial charge in [-0.05, 0) is 17.5 Å². The SMILES string of the molecule is O=c1c(O)cccc2cc(O)c(O)c(O)c12.[HH].[HH].[HH].[HH]. The fraction of sp³-hybridized carbons (Fsp3) is 0. The molecule has 0 unspecified atom stereocenters. The summed E-state index contributed by atoms with van der Waals surface area (Å²) in [5.74, 6) is -2.60. The smallest absolute Gasteiger partial charge is 0.231 e. The van der Waals surface area contributed by atoms with Crippen LogP contribution in [0.3, 0.4) is 0 Å². The molecule has 2 aromatic carbocycles. The molecule has 0 radical (unpaired) electrons. The van der Waals surface area contributed by atoms with E-state index in [-0.39, 0.29) is 16.5 Å². The molecular weight excluding hydrogens is 212 g/mol. The molecule has 0 amide bonds. The third kappa shape index (κ3) is 1.30. The molecule has 16 heavy (non-hydrogen) atoms. The summed E-state index contributed by atoms with van der Waals surface area (Å²) in [6.45, 7) is 0. The summed E-state index contributed by atoms with van der Waals surface area (Å²) in [5.41, 5.74) is -0.812. The first-order chi connectivity index (χ1) is 7.52. The van der Waals surface area contributed by atoms with Gasteiger partial charge >= 0.3 is 0 Å². The van der Waals surface area contributed by atoms with Gasteiger partial charge in [0.2, 0.25) is 11.2 Å². The second-order valence-corrected chi connectivity index (χ2v) is 3.30. The lowest BCUT2D eigenvalue weighted by molar-refractivity contribution is 0.371. The van der Waals surface area contributed by atoms with E-state index < -0.39 is 28.4 Å². The summed E-state index contributed by atoms with van der Waals surface area (Å²) < 4.78 is 0. The normalized spacial score (nSPS) is 10.5. The molecule has 0 aliphatic rings. The highest BCUT2D eigenvalue weighted by Gasteiger charge is 2.14. The van der Waals surface area contributed by atoms with Crippen molar-refractivity contribution in [1.82, 2.24) is 0 Å². The second kappa shape index (κ2) is 3.30. The first-order valence-corrected chi connectivity index (χ1v) is 4.42. The van der Waals surface area contributed by atoms with Crippen LogP contribution in [0.4, 0.5) is 0 Å². The molecule has 0 saturated carbocycles. The number of rotatable bonds is 0. The van der Waals surface area contributed by atoms with Gasteiger partial charge in [-0.15, -0.1) is 0 Å². The van der Waals surface area contributed by atoms with Gasteiger partial charge in [-0.25, -0.2) is 0 Å². The number of phenolic OH excluding ortho intramolecular Hbond substituents is 3. The average molecular weight is 228 g/mol. The summed E-state index contributed by atoms with van der Waals surface area (Å²) in [6.07, 6.45) is 0. The Labute approximate surface area is 95.4 Å². The maximum absolute atomic E-state index is 11.6. The highest BCUT2D eigenvalue weighted by molar-refractivity contribution is 5.92. The van der Waals surface area contributed by atoms with Crippen LogP contribution >= 0.6 is 0 Å². The maximum Gasteiger partial charge on any atom is 0.231 e. The molecule has 0 aromatic heterocycles. The summed E-state index contributed by atoms with van der Waals surface area (Å²) in [6, 6.07) is 5.12. The Morgan fingerprint density at radius 2 is 1.62 bits per heavy atom. The molecule has 0 bridgehead atoms. The Bertz CT molecular complexity index is 648. The van der Waals surface area contributed by atoms with Crippen LogP contribution in [0, 0.1) is 0 Å². The molecule has 2 aromatic rings. The van der Waals surface area contributed by atoms with E-state index in [1.54, 1.807) is 0 Å². The Kier molecular flexibility index (Phi) is 2.09. The first-order valence-electron chi connectivity index (χ1n) is 4.42. The molecule has 0 atom stereocenters. The van der Waals surface area contributed by atoms with Crippen molar-refractivity contribution in [2.75, 3.05) is 0 Å². The zero-order valence-corrected chi connectivity index (χ0v) is 8.01. The van der Waals surface area contributed by atoms with E-state index in [2.05, 4.69) is 0 Å². The molecule has 0 saturated heterocycles. The van der Waals surface area contributed by atoms with Gasteiger partial charge in [-0.3, -0.25) is 4.79 Å². The van der Waals surface area contributed by atoms with Crippen LogP contribution in [0.1, 0.15) is 5.71 Å². The van der Waals surface area contributed by atoms with E-state index in [0.29, 0.717) is 0 Å². The van der Waals surface area contributed by atoms with Crippen LogP contribution in [-0.2, 0) is 0 Å². The second-order valence-electron chi connectivity index (χ2n) is 3.30. The van der Waals surface area contributed by atoms with E-state index in [1.807, 2.05) is 0 Å². The van der Waals surface area contributed by atoms with Crippen molar-refractivity contribution in [3.63, 3.8) is 0 Å². The molecule has 5 heteroatoms. The van der Waals surface area contributed by atoms with Gasteiger partial charge < -0.3 is 20.4 Å². The third-order valence-electron chi connectivity index (χ3n) is 2.27. The molecule has 0 aliphatic carbocycles. The van der Waals surface area contributed by atoms with Crippen LogP contribution in [0.25, 0.3) is 10.8 Å². The number of fused-ring (bicyclic) bond motifs is 1. The largest absolute Gasteiger partial charge is 0.504 e. The Balaban J connectivity index is -0.000000722. The standard InChI is InChI=1S/C11H8O5.4H2/c12-6-3-1-2-5-4-7(13)10(15)11(16)8(5)9(6)14;;;;/h1-4,13,15-16H,(H,12,14);4*1H. The summed E-state index contributed by atoms with van der Waals surface area (Å²) in [7, 11) is 0. The highest BCUT2D eigenvalue weighted by Crippen LogP contribution is 2.39. The van der Waals surface area contributed by atoms with E-state index in [0.717, 1.165) is 12.1 Å². The minimum atomic E-state index is -0.812. The fourth-order valence-corrected chi connectivity index (χ4v) is 1.48.